The lowest BCUT2D eigenvalue weighted by Crippen LogP contribution is -2.28. The molecule has 0 aromatic heterocycles. The van der Waals surface area contributed by atoms with Crippen molar-refractivity contribution in [2.75, 3.05) is 67.3 Å². The van der Waals surface area contributed by atoms with Crippen molar-refractivity contribution in [2.45, 2.75) is 79.1 Å². The third-order valence-electron chi connectivity index (χ3n) is 8.42. The predicted molar refractivity (Wildman–Crippen MR) is 213 cm³/mol. The van der Waals surface area contributed by atoms with E-state index in [4.69, 9.17) is 37.4 Å². The van der Waals surface area contributed by atoms with Gasteiger partial charge in [0.25, 0.3) is 5.69 Å². The van der Waals surface area contributed by atoms with Crippen LogP contribution in [0.15, 0.2) is 24.3 Å². The molecule has 0 heterocycles. The van der Waals surface area contributed by atoms with Gasteiger partial charge in [-0.2, -0.15) is 10.5 Å². The number of nitriles is 2. The molecule has 0 bridgehead atoms. The number of amides is 1. The van der Waals surface area contributed by atoms with E-state index >= 15 is 0 Å². The van der Waals surface area contributed by atoms with Crippen molar-refractivity contribution >= 4 is 69.5 Å². The molecule has 1 N–H and O–H groups in total. The van der Waals surface area contributed by atoms with Crippen molar-refractivity contribution < 1.29 is 33.5 Å². The quantitative estimate of drug-likeness (QED) is 0.0373. The Morgan fingerprint density at radius 1 is 0.909 bits per heavy atom. The number of halogens is 2. The molecule has 0 aliphatic rings. The SMILES string of the molecule is COc1cc(N(C)c2c(C#N)cc([N+](=O)[O-])cc2C#N)c(NC(=O)CC(C)CC(C)(C)C)cc1N(CCCCOC(=O)CCCl)CCCCOC(=O)CCCl. The van der Waals surface area contributed by atoms with E-state index in [9.17, 15) is 35.0 Å². The Balaban J connectivity index is 2.65. The lowest BCUT2D eigenvalue weighted by Gasteiger charge is -2.31. The first-order chi connectivity index (χ1) is 26.1. The molecule has 0 saturated carbocycles. The second-order valence-electron chi connectivity index (χ2n) is 14.3. The summed E-state index contributed by atoms with van der Waals surface area (Å²) in [4.78, 5) is 51.9. The Hall–Kier alpha value is -4.79. The maximum absolute atomic E-state index is 13.7. The third kappa shape index (κ3) is 15.5. The number of ether oxygens (including phenoxy) is 3. The molecule has 2 aromatic rings. The molecule has 0 aliphatic carbocycles. The van der Waals surface area contributed by atoms with Gasteiger partial charge in [-0.15, -0.1) is 23.2 Å². The van der Waals surface area contributed by atoms with Crippen molar-refractivity contribution in [3.8, 4) is 17.9 Å². The van der Waals surface area contributed by atoms with E-state index in [1.165, 1.54) is 12.0 Å². The summed E-state index contributed by atoms with van der Waals surface area (Å²) in [6.07, 6.45) is 3.63. The number of nitro benzene ring substituents is 1. The summed E-state index contributed by atoms with van der Waals surface area (Å²) in [6.45, 7) is 9.76. The van der Waals surface area contributed by atoms with Crippen molar-refractivity contribution in [3.63, 3.8) is 0 Å². The minimum Gasteiger partial charge on any atom is -0.495 e. The van der Waals surface area contributed by atoms with E-state index in [1.807, 2.05) is 19.1 Å². The number of esters is 2. The number of benzene rings is 2. The fourth-order valence-corrected chi connectivity index (χ4v) is 6.50. The van der Waals surface area contributed by atoms with Gasteiger partial charge >= 0.3 is 11.9 Å². The normalized spacial score (nSPS) is 11.5. The fourth-order valence-electron chi connectivity index (χ4n) is 6.19. The fraction of sp³-hybridized carbons (Fsp3) is 0.564. The minimum absolute atomic E-state index is 0.00103. The van der Waals surface area contributed by atoms with Crippen LogP contribution in [0.3, 0.4) is 0 Å². The van der Waals surface area contributed by atoms with Gasteiger partial charge in [0.1, 0.15) is 17.9 Å². The van der Waals surface area contributed by atoms with Crippen molar-refractivity contribution in [1.82, 2.24) is 0 Å². The van der Waals surface area contributed by atoms with Crippen molar-refractivity contribution in [2.24, 2.45) is 11.3 Å². The number of hydrogen-bond acceptors (Lipinski definition) is 12. The predicted octanol–water partition coefficient (Wildman–Crippen LogP) is 8.23. The summed E-state index contributed by atoms with van der Waals surface area (Å²) in [6, 6.07) is 9.61. The molecule has 55 heavy (non-hydrogen) atoms. The average molecular weight is 804 g/mol. The number of carbonyl (C=O) groups is 3. The van der Waals surface area contributed by atoms with E-state index in [1.54, 1.807) is 19.2 Å². The van der Waals surface area contributed by atoms with Crippen LogP contribution >= 0.6 is 23.2 Å². The number of nitrogens with zero attached hydrogens (tertiary/aromatic N) is 5. The first-order valence-corrected chi connectivity index (χ1v) is 19.2. The summed E-state index contributed by atoms with van der Waals surface area (Å²) in [7, 11) is 3.09. The van der Waals surface area contributed by atoms with Gasteiger partial charge in [-0.25, -0.2) is 0 Å². The maximum atomic E-state index is 13.7. The molecular weight excluding hydrogens is 751 g/mol. The van der Waals surface area contributed by atoms with Gasteiger partial charge in [0.05, 0.1) is 72.0 Å². The van der Waals surface area contributed by atoms with Gasteiger partial charge in [-0.3, -0.25) is 24.5 Å². The Bertz CT molecular complexity index is 1660. The highest BCUT2D eigenvalue weighted by Crippen LogP contribution is 2.43. The molecule has 300 valence electrons. The first kappa shape index (κ1) is 46.4. The lowest BCUT2D eigenvalue weighted by atomic mass is 9.84. The number of methoxy groups -OCH3 is 1. The van der Waals surface area contributed by atoms with Crippen LogP contribution in [-0.4, -0.2) is 75.0 Å². The number of hydrogen-bond donors (Lipinski definition) is 1. The van der Waals surface area contributed by atoms with Crippen LogP contribution in [0.2, 0.25) is 0 Å². The summed E-state index contributed by atoms with van der Waals surface area (Å²) < 4.78 is 16.5. The molecular formula is C39H52Cl2N6O8. The Morgan fingerprint density at radius 2 is 1.44 bits per heavy atom. The number of nitrogens with one attached hydrogen (secondary N) is 1. The molecule has 0 aliphatic heterocycles. The largest absolute Gasteiger partial charge is 0.495 e. The molecule has 2 aromatic carbocycles. The van der Waals surface area contributed by atoms with E-state index in [0.29, 0.717) is 61.6 Å². The third-order valence-corrected chi connectivity index (χ3v) is 8.80. The molecule has 1 atom stereocenters. The van der Waals surface area contributed by atoms with E-state index in [0.717, 1.165) is 18.6 Å². The number of non-ortho nitro benzene ring substituents is 1. The van der Waals surface area contributed by atoms with Crippen LogP contribution in [0.1, 0.15) is 90.2 Å². The van der Waals surface area contributed by atoms with Gasteiger partial charge in [-0.05, 0) is 49.5 Å². The van der Waals surface area contributed by atoms with Gasteiger partial charge in [0.15, 0.2) is 0 Å². The van der Waals surface area contributed by atoms with Gasteiger partial charge < -0.3 is 29.3 Å². The molecule has 1 unspecified atom stereocenters. The number of carbonyl (C=O) groups excluding carboxylic acids is 3. The summed E-state index contributed by atoms with van der Waals surface area (Å²) in [5.41, 5.74) is 0.856. The molecule has 1 amide bonds. The number of rotatable bonds is 23. The Morgan fingerprint density at radius 3 is 1.87 bits per heavy atom. The molecule has 16 heteroatoms. The zero-order chi connectivity index (χ0) is 41.1. The highest BCUT2D eigenvalue weighted by molar-refractivity contribution is 6.19. The van der Waals surface area contributed by atoms with Crippen LogP contribution in [-0.2, 0) is 23.9 Å². The topological polar surface area (TPSA) is 188 Å². The standard InChI is InChI=1S/C39H52Cl2N6O8/c1-27(24-39(2,3)4)19-35(48)44-31-22-33(46(15-7-9-17-54-36(49)11-13-40)16-8-10-18-55-37(50)12-14-41)34(53-6)23-32(31)45(5)38-28(25-42)20-30(47(51)52)21-29(38)26-43/h20-23,27H,7-19,24H2,1-6H3,(H,44,48). The van der Waals surface area contributed by atoms with Crippen LogP contribution in [0, 0.1) is 44.1 Å². The van der Waals surface area contributed by atoms with E-state index in [-0.39, 0.29) is 90.2 Å². The summed E-state index contributed by atoms with van der Waals surface area (Å²) >= 11 is 11.3. The lowest BCUT2D eigenvalue weighted by molar-refractivity contribution is -0.384. The Kier molecular flexibility index (Phi) is 19.6. The van der Waals surface area contributed by atoms with Gasteiger partial charge in [0, 0.05) is 56.5 Å². The zero-order valence-corrected chi connectivity index (χ0v) is 34.1. The second kappa shape index (κ2) is 23.2. The molecule has 0 fully saturated rings. The molecule has 14 nitrogen and oxygen atoms in total. The highest BCUT2D eigenvalue weighted by atomic mass is 35.5. The smallest absolute Gasteiger partial charge is 0.306 e. The number of alkyl halides is 2. The second-order valence-corrected chi connectivity index (χ2v) is 15.1. The van der Waals surface area contributed by atoms with E-state index in [2.05, 4.69) is 31.0 Å². The van der Waals surface area contributed by atoms with Gasteiger partial charge in [0.2, 0.25) is 5.91 Å². The Labute approximate surface area is 333 Å². The average Bonchev–Trinajstić information content (AvgIpc) is 3.11. The van der Waals surface area contributed by atoms with Crippen LogP contribution in [0.4, 0.5) is 28.4 Å². The van der Waals surface area contributed by atoms with Gasteiger partial charge in [-0.1, -0.05) is 27.7 Å². The van der Waals surface area contributed by atoms with Crippen LogP contribution in [0.5, 0.6) is 5.75 Å². The molecule has 0 saturated heterocycles. The molecule has 0 radical (unpaired) electrons. The maximum Gasteiger partial charge on any atom is 0.306 e. The monoisotopic (exact) mass is 802 g/mol. The first-order valence-electron chi connectivity index (χ1n) is 18.1. The summed E-state index contributed by atoms with van der Waals surface area (Å²) in [5.74, 6) is -0.196. The zero-order valence-electron chi connectivity index (χ0n) is 32.5. The van der Waals surface area contributed by atoms with E-state index < -0.39 is 10.6 Å². The molecule has 0 spiro atoms. The molecule has 2 rings (SSSR count). The van der Waals surface area contributed by atoms with Crippen LogP contribution < -0.4 is 19.9 Å². The number of unbranched alkanes of at least 4 members (excludes halogenated alkanes) is 2. The van der Waals surface area contributed by atoms with Crippen LogP contribution in [0.25, 0.3) is 0 Å². The number of nitro groups is 1. The summed E-state index contributed by atoms with van der Waals surface area (Å²) in [5, 5.41) is 34.8. The minimum atomic E-state index is -0.671. The van der Waals surface area contributed by atoms with Crippen molar-refractivity contribution in [1.29, 1.82) is 10.5 Å². The highest BCUT2D eigenvalue weighted by Gasteiger charge is 2.26. The van der Waals surface area contributed by atoms with Crippen molar-refractivity contribution in [3.05, 3.63) is 45.5 Å². The number of anilines is 4.